The van der Waals surface area contributed by atoms with Gasteiger partial charge in [-0.3, -0.25) is 0 Å². The minimum Gasteiger partial charge on any atom is -0.327 e. The van der Waals surface area contributed by atoms with E-state index in [0.717, 1.165) is 0 Å². The van der Waals surface area contributed by atoms with Crippen LogP contribution in [0.25, 0.3) is 0 Å². The number of nitrogens with two attached hydrogens (primary N) is 1. The maximum atomic E-state index is 5.51. The van der Waals surface area contributed by atoms with Gasteiger partial charge in [-0.25, -0.2) is 0 Å². The van der Waals surface area contributed by atoms with E-state index in [4.69, 9.17) is 5.73 Å². The zero-order valence-electron chi connectivity index (χ0n) is 7.09. The molecule has 1 heteroatoms. The van der Waals surface area contributed by atoms with Crippen LogP contribution < -0.4 is 5.73 Å². The van der Waals surface area contributed by atoms with Crippen LogP contribution in [-0.2, 0) is 0 Å². The molecule has 0 aromatic heterocycles. The van der Waals surface area contributed by atoms with Gasteiger partial charge in [-0.05, 0) is 12.8 Å². The van der Waals surface area contributed by atoms with E-state index in [2.05, 4.69) is 19.9 Å². The highest BCUT2D eigenvalue weighted by atomic mass is 14.5. The van der Waals surface area contributed by atoms with Crippen LogP contribution >= 0.6 is 0 Å². The minimum absolute atomic E-state index is 0.571. The average molecular weight is 139 g/mol. The van der Waals surface area contributed by atoms with E-state index in [1.165, 1.54) is 5.57 Å². The molecule has 0 aromatic carbocycles. The van der Waals surface area contributed by atoms with Crippen molar-refractivity contribution >= 4 is 0 Å². The van der Waals surface area contributed by atoms with Crippen LogP contribution in [0.15, 0.2) is 23.8 Å². The molecule has 0 spiro atoms. The SMILES string of the molecule is C/C=C\C=C(\CN)C(C)C. The lowest BCUT2D eigenvalue weighted by molar-refractivity contribution is 0.746. The van der Waals surface area contributed by atoms with Crippen LogP contribution in [-0.4, -0.2) is 6.54 Å². The van der Waals surface area contributed by atoms with Crippen molar-refractivity contribution in [1.82, 2.24) is 0 Å². The van der Waals surface area contributed by atoms with E-state index in [9.17, 15) is 0 Å². The van der Waals surface area contributed by atoms with Crippen LogP contribution in [0, 0.1) is 5.92 Å². The summed E-state index contributed by atoms with van der Waals surface area (Å²) in [6, 6.07) is 0. The molecule has 0 saturated heterocycles. The van der Waals surface area contributed by atoms with Gasteiger partial charge in [0.15, 0.2) is 0 Å². The minimum atomic E-state index is 0.571. The Kier molecular flexibility index (Phi) is 4.95. The number of allylic oxidation sites excluding steroid dienone is 3. The van der Waals surface area contributed by atoms with E-state index < -0.39 is 0 Å². The summed E-state index contributed by atoms with van der Waals surface area (Å²) in [7, 11) is 0. The molecule has 2 N–H and O–H groups in total. The van der Waals surface area contributed by atoms with Gasteiger partial charge in [0, 0.05) is 6.54 Å². The summed E-state index contributed by atoms with van der Waals surface area (Å²) in [5, 5.41) is 0. The summed E-state index contributed by atoms with van der Waals surface area (Å²) in [6.45, 7) is 6.98. The molecule has 10 heavy (non-hydrogen) atoms. The first kappa shape index (κ1) is 9.44. The number of hydrogen-bond acceptors (Lipinski definition) is 1. The Morgan fingerprint density at radius 1 is 1.50 bits per heavy atom. The first-order valence-corrected chi connectivity index (χ1v) is 3.74. The topological polar surface area (TPSA) is 26.0 Å². The lowest BCUT2D eigenvalue weighted by atomic mass is 10.0. The summed E-state index contributed by atoms with van der Waals surface area (Å²) < 4.78 is 0. The molecular formula is C9H17N. The smallest absolute Gasteiger partial charge is 0.0142 e. The average Bonchev–Trinajstić information content (AvgIpc) is 1.89. The van der Waals surface area contributed by atoms with Crippen molar-refractivity contribution in [3.05, 3.63) is 23.8 Å². The Morgan fingerprint density at radius 2 is 2.10 bits per heavy atom. The molecule has 0 aliphatic heterocycles. The maximum Gasteiger partial charge on any atom is 0.0142 e. The number of hydrogen-bond donors (Lipinski definition) is 1. The zero-order chi connectivity index (χ0) is 7.98. The molecule has 0 atom stereocenters. The van der Waals surface area contributed by atoms with Crippen molar-refractivity contribution in [3.8, 4) is 0 Å². The third-order valence-corrected chi connectivity index (χ3v) is 1.48. The highest BCUT2D eigenvalue weighted by molar-refractivity contribution is 5.14. The molecule has 0 amide bonds. The van der Waals surface area contributed by atoms with Crippen molar-refractivity contribution in [2.24, 2.45) is 11.7 Å². The van der Waals surface area contributed by atoms with Gasteiger partial charge < -0.3 is 5.73 Å². The second-order valence-corrected chi connectivity index (χ2v) is 2.63. The zero-order valence-corrected chi connectivity index (χ0v) is 7.09. The second kappa shape index (κ2) is 5.24. The highest BCUT2D eigenvalue weighted by Gasteiger charge is 1.97. The molecule has 0 heterocycles. The van der Waals surface area contributed by atoms with E-state index in [1.54, 1.807) is 0 Å². The lowest BCUT2D eigenvalue weighted by Crippen LogP contribution is -2.07. The van der Waals surface area contributed by atoms with Gasteiger partial charge >= 0.3 is 0 Å². The fraction of sp³-hybridized carbons (Fsp3) is 0.556. The van der Waals surface area contributed by atoms with E-state index in [0.29, 0.717) is 12.5 Å². The largest absolute Gasteiger partial charge is 0.327 e. The van der Waals surface area contributed by atoms with Gasteiger partial charge in [-0.15, -0.1) is 0 Å². The second-order valence-electron chi connectivity index (χ2n) is 2.63. The van der Waals surface area contributed by atoms with E-state index in [1.807, 2.05) is 19.1 Å². The van der Waals surface area contributed by atoms with Gasteiger partial charge in [0.2, 0.25) is 0 Å². The lowest BCUT2D eigenvalue weighted by Gasteiger charge is -2.05. The van der Waals surface area contributed by atoms with Gasteiger partial charge in [0.25, 0.3) is 0 Å². The van der Waals surface area contributed by atoms with Crippen molar-refractivity contribution in [2.75, 3.05) is 6.54 Å². The quantitative estimate of drug-likeness (QED) is 0.595. The van der Waals surface area contributed by atoms with Crippen molar-refractivity contribution in [1.29, 1.82) is 0 Å². The third kappa shape index (κ3) is 3.46. The monoisotopic (exact) mass is 139 g/mol. The summed E-state index contributed by atoms with van der Waals surface area (Å²) in [6.07, 6.45) is 6.13. The van der Waals surface area contributed by atoms with Crippen LogP contribution in [0.4, 0.5) is 0 Å². The fourth-order valence-corrected chi connectivity index (χ4v) is 0.716. The summed E-state index contributed by atoms with van der Waals surface area (Å²) in [5.74, 6) is 0.571. The summed E-state index contributed by atoms with van der Waals surface area (Å²) >= 11 is 0. The van der Waals surface area contributed by atoms with Crippen molar-refractivity contribution < 1.29 is 0 Å². The predicted molar refractivity (Wildman–Crippen MR) is 46.8 cm³/mol. The van der Waals surface area contributed by atoms with Crippen LogP contribution in [0.3, 0.4) is 0 Å². The first-order chi connectivity index (χ1) is 4.72. The Labute approximate surface area is 63.6 Å². The van der Waals surface area contributed by atoms with Crippen LogP contribution in [0.5, 0.6) is 0 Å². The molecule has 1 nitrogen and oxygen atoms in total. The first-order valence-electron chi connectivity index (χ1n) is 3.74. The molecule has 0 aliphatic carbocycles. The molecule has 0 radical (unpaired) electrons. The Morgan fingerprint density at radius 3 is 2.40 bits per heavy atom. The van der Waals surface area contributed by atoms with E-state index in [-0.39, 0.29) is 0 Å². The van der Waals surface area contributed by atoms with Gasteiger partial charge in [-0.2, -0.15) is 0 Å². The Bertz CT molecular complexity index is 132. The Balaban J connectivity index is 4.04. The molecule has 0 aromatic rings. The van der Waals surface area contributed by atoms with Gasteiger partial charge in [0.1, 0.15) is 0 Å². The highest BCUT2D eigenvalue weighted by Crippen LogP contribution is 2.06. The predicted octanol–water partition coefficient (Wildman–Crippen LogP) is 2.10. The normalized spacial score (nSPS) is 13.5. The molecule has 0 saturated carbocycles. The molecule has 0 bridgehead atoms. The molecular weight excluding hydrogens is 122 g/mol. The van der Waals surface area contributed by atoms with E-state index >= 15 is 0 Å². The summed E-state index contributed by atoms with van der Waals surface area (Å²) in [5.41, 5.74) is 6.82. The third-order valence-electron chi connectivity index (χ3n) is 1.48. The Hall–Kier alpha value is -0.560. The maximum absolute atomic E-state index is 5.51. The number of rotatable bonds is 3. The van der Waals surface area contributed by atoms with Crippen molar-refractivity contribution in [3.63, 3.8) is 0 Å². The summed E-state index contributed by atoms with van der Waals surface area (Å²) in [4.78, 5) is 0. The molecule has 0 unspecified atom stereocenters. The molecule has 0 fully saturated rings. The van der Waals surface area contributed by atoms with Gasteiger partial charge in [-0.1, -0.05) is 37.6 Å². The fourth-order valence-electron chi connectivity index (χ4n) is 0.716. The van der Waals surface area contributed by atoms with Crippen LogP contribution in [0.1, 0.15) is 20.8 Å². The molecule has 58 valence electrons. The molecule has 0 aliphatic rings. The van der Waals surface area contributed by atoms with Crippen LogP contribution in [0.2, 0.25) is 0 Å². The molecule has 0 rings (SSSR count). The van der Waals surface area contributed by atoms with Gasteiger partial charge in [0.05, 0.1) is 0 Å². The van der Waals surface area contributed by atoms with Crippen molar-refractivity contribution in [2.45, 2.75) is 20.8 Å². The standard InChI is InChI=1S/C9H17N/c1-4-5-6-9(7-10)8(2)3/h4-6,8H,7,10H2,1-3H3/b5-4-,9-6-.